The van der Waals surface area contributed by atoms with Crippen LogP contribution in [0.2, 0.25) is 0 Å². The Bertz CT molecular complexity index is 726. The summed E-state index contributed by atoms with van der Waals surface area (Å²) in [6, 6.07) is 15.0. The van der Waals surface area contributed by atoms with E-state index in [1.807, 2.05) is 12.3 Å². The van der Waals surface area contributed by atoms with Crippen LogP contribution in [-0.4, -0.2) is 23.9 Å². The number of hydrogen-bond acceptors (Lipinski definition) is 4. The first-order valence-electron chi connectivity index (χ1n) is 10.3. The Morgan fingerprint density at radius 2 is 1.96 bits per heavy atom. The Hall–Kier alpha value is -2.20. The van der Waals surface area contributed by atoms with Gasteiger partial charge in [0.25, 0.3) is 0 Å². The fourth-order valence-corrected chi connectivity index (χ4v) is 3.72. The van der Waals surface area contributed by atoms with Gasteiger partial charge < -0.3 is 11.1 Å². The molecule has 1 aliphatic rings. The van der Waals surface area contributed by atoms with Crippen molar-refractivity contribution in [3.8, 4) is 0 Å². The molecule has 144 valence electrons. The van der Waals surface area contributed by atoms with Crippen molar-refractivity contribution >= 4 is 5.84 Å². The van der Waals surface area contributed by atoms with Gasteiger partial charge in [-0.15, -0.1) is 0 Å². The molecule has 0 amide bonds. The average molecular weight is 365 g/mol. The Morgan fingerprint density at radius 1 is 1.07 bits per heavy atom. The minimum Gasteiger partial charge on any atom is -0.372 e. The lowest BCUT2D eigenvalue weighted by Gasteiger charge is -2.20. The normalized spacial score (nSPS) is 15.9. The van der Waals surface area contributed by atoms with Crippen LogP contribution in [0.5, 0.6) is 0 Å². The molecule has 1 aromatic heterocycles. The number of unbranched alkanes of at least 4 members (excludes halogenated alkanes) is 3. The van der Waals surface area contributed by atoms with Gasteiger partial charge in [-0.25, -0.2) is 0 Å². The molecule has 0 saturated carbocycles. The molecule has 2 atom stereocenters. The summed E-state index contributed by atoms with van der Waals surface area (Å²) in [5.74, 6) is 1.28. The maximum atomic E-state index is 6.50. The zero-order valence-corrected chi connectivity index (χ0v) is 16.4. The summed E-state index contributed by atoms with van der Waals surface area (Å²) >= 11 is 0. The van der Waals surface area contributed by atoms with E-state index in [0.29, 0.717) is 0 Å². The van der Waals surface area contributed by atoms with E-state index < -0.39 is 0 Å². The summed E-state index contributed by atoms with van der Waals surface area (Å²) in [6.45, 7) is 4.05. The third kappa shape index (κ3) is 5.64. The van der Waals surface area contributed by atoms with E-state index in [0.717, 1.165) is 37.5 Å². The lowest BCUT2D eigenvalue weighted by molar-refractivity contribution is 0.565. The Kier molecular flexibility index (Phi) is 7.40. The van der Waals surface area contributed by atoms with E-state index in [9.17, 15) is 0 Å². The molecule has 1 aromatic carbocycles. The van der Waals surface area contributed by atoms with Crippen LogP contribution in [0, 0.1) is 0 Å². The van der Waals surface area contributed by atoms with Gasteiger partial charge in [0.15, 0.2) is 0 Å². The summed E-state index contributed by atoms with van der Waals surface area (Å²) < 4.78 is 0. The van der Waals surface area contributed by atoms with Crippen molar-refractivity contribution in [3.05, 3.63) is 65.5 Å². The molecule has 0 bridgehead atoms. The molecule has 4 heteroatoms. The molecule has 0 radical (unpaired) electrons. The number of aromatic nitrogens is 1. The van der Waals surface area contributed by atoms with Gasteiger partial charge in [0.1, 0.15) is 0 Å². The predicted octanol–water partition coefficient (Wildman–Crippen LogP) is 4.58. The smallest absolute Gasteiger partial charge is 0.0974 e. The summed E-state index contributed by atoms with van der Waals surface area (Å²) in [7, 11) is 0. The van der Waals surface area contributed by atoms with Crippen molar-refractivity contribution in [2.24, 2.45) is 10.7 Å². The van der Waals surface area contributed by atoms with E-state index in [-0.39, 0.29) is 12.0 Å². The van der Waals surface area contributed by atoms with E-state index in [4.69, 9.17) is 5.73 Å². The van der Waals surface area contributed by atoms with Crippen LogP contribution in [0.25, 0.3) is 0 Å². The summed E-state index contributed by atoms with van der Waals surface area (Å²) in [4.78, 5) is 9.22. The fraction of sp³-hybridized carbons (Fsp3) is 0.478. The number of nitrogens with one attached hydrogen (secondary N) is 1. The highest BCUT2D eigenvalue weighted by molar-refractivity contribution is 5.84. The van der Waals surface area contributed by atoms with Crippen LogP contribution in [0.4, 0.5) is 0 Å². The topological polar surface area (TPSA) is 63.3 Å². The molecule has 2 aromatic rings. The SMILES string of the molecule is CCCCCCC(N)c1cccc(C(CC2=NCCN2)c2ccccn2)c1. The minimum atomic E-state index is 0.105. The Balaban J connectivity index is 1.77. The molecule has 0 aliphatic carbocycles. The molecule has 2 unspecified atom stereocenters. The van der Waals surface area contributed by atoms with Gasteiger partial charge >= 0.3 is 0 Å². The lowest BCUT2D eigenvalue weighted by Crippen LogP contribution is -2.22. The molecule has 27 heavy (non-hydrogen) atoms. The highest BCUT2D eigenvalue weighted by Crippen LogP contribution is 2.29. The molecule has 0 spiro atoms. The largest absolute Gasteiger partial charge is 0.372 e. The second-order valence-corrected chi connectivity index (χ2v) is 7.39. The average Bonchev–Trinajstić information content (AvgIpc) is 3.23. The molecular formula is C23H32N4. The van der Waals surface area contributed by atoms with Gasteiger partial charge in [0.2, 0.25) is 0 Å². The maximum absolute atomic E-state index is 6.50. The summed E-state index contributed by atoms with van der Waals surface area (Å²) in [5.41, 5.74) is 10.1. The molecule has 4 nitrogen and oxygen atoms in total. The molecule has 2 heterocycles. The van der Waals surface area contributed by atoms with Gasteiger partial charge in [-0.05, 0) is 29.7 Å². The number of nitrogens with two attached hydrogens (primary N) is 1. The van der Waals surface area contributed by atoms with Crippen LogP contribution < -0.4 is 11.1 Å². The van der Waals surface area contributed by atoms with Gasteiger partial charge in [0.05, 0.1) is 12.4 Å². The van der Waals surface area contributed by atoms with Crippen LogP contribution in [-0.2, 0) is 0 Å². The number of hydrogen-bond donors (Lipinski definition) is 2. The first-order valence-corrected chi connectivity index (χ1v) is 10.3. The van der Waals surface area contributed by atoms with Gasteiger partial charge in [-0.1, -0.05) is 62.9 Å². The van der Waals surface area contributed by atoms with Crippen molar-refractivity contribution in [1.29, 1.82) is 0 Å². The first kappa shape index (κ1) is 19.6. The summed E-state index contributed by atoms with van der Waals surface area (Å²) in [5, 5.41) is 3.40. The molecule has 1 aliphatic heterocycles. The number of nitrogens with zero attached hydrogens (tertiary/aromatic N) is 2. The maximum Gasteiger partial charge on any atom is 0.0974 e. The zero-order chi connectivity index (χ0) is 18.9. The highest BCUT2D eigenvalue weighted by Gasteiger charge is 2.20. The lowest BCUT2D eigenvalue weighted by atomic mass is 9.89. The number of aliphatic imine (C=N–C) groups is 1. The van der Waals surface area contributed by atoms with E-state index in [1.165, 1.54) is 36.8 Å². The number of amidine groups is 1. The van der Waals surface area contributed by atoms with Crippen LogP contribution in [0.15, 0.2) is 53.7 Å². The van der Waals surface area contributed by atoms with E-state index in [2.05, 4.69) is 58.6 Å². The quantitative estimate of drug-likeness (QED) is 0.607. The van der Waals surface area contributed by atoms with Crippen molar-refractivity contribution in [2.45, 2.75) is 57.4 Å². The first-order chi connectivity index (χ1) is 13.3. The number of benzene rings is 1. The van der Waals surface area contributed by atoms with Gasteiger partial charge in [-0.3, -0.25) is 9.98 Å². The van der Waals surface area contributed by atoms with E-state index in [1.54, 1.807) is 0 Å². The number of pyridine rings is 1. The molecule has 0 saturated heterocycles. The van der Waals surface area contributed by atoms with Crippen molar-refractivity contribution in [3.63, 3.8) is 0 Å². The van der Waals surface area contributed by atoms with Crippen LogP contribution in [0.3, 0.4) is 0 Å². The van der Waals surface area contributed by atoms with Crippen LogP contribution >= 0.6 is 0 Å². The van der Waals surface area contributed by atoms with E-state index >= 15 is 0 Å². The van der Waals surface area contributed by atoms with Gasteiger partial charge in [0, 0.05) is 36.8 Å². The molecule has 0 fully saturated rings. The summed E-state index contributed by atoms with van der Waals surface area (Å²) in [6.07, 6.45) is 8.79. The van der Waals surface area contributed by atoms with Crippen LogP contribution in [0.1, 0.15) is 74.2 Å². The number of rotatable bonds is 10. The Morgan fingerprint density at radius 3 is 2.70 bits per heavy atom. The minimum absolute atomic E-state index is 0.105. The second-order valence-electron chi connectivity index (χ2n) is 7.39. The molecular weight excluding hydrogens is 332 g/mol. The van der Waals surface area contributed by atoms with Crippen molar-refractivity contribution in [2.75, 3.05) is 13.1 Å². The highest BCUT2D eigenvalue weighted by atomic mass is 15.1. The fourth-order valence-electron chi connectivity index (χ4n) is 3.72. The van der Waals surface area contributed by atoms with Crippen molar-refractivity contribution < 1.29 is 0 Å². The predicted molar refractivity (Wildman–Crippen MR) is 113 cm³/mol. The van der Waals surface area contributed by atoms with Gasteiger partial charge in [-0.2, -0.15) is 0 Å². The molecule has 3 rings (SSSR count). The third-order valence-corrected chi connectivity index (χ3v) is 5.30. The third-order valence-electron chi connectivity index (χ3n) is 5.30. The monoisotopic (exact) mass is 364 g/mol. The van der Waals surface area contributed by atoms with Crippen molar-refractivity contribution in [1.82, 2.24) is 10.3 Å². The standard InChI is InChI=1S/C23H32N4/c1-2-3-4-5-11-21(24)19-10-8-9-18(16-19)20(17-23-26-14-15-27-23)22-12-6-7-13-25-22/h6-10,12-13,16,20-21H,2-5,11,14-15,17,24H2,1H3,(H,26,27). The Labute approximate surface area is 163 Å². The molecule has 3 N–H and O–H groups in total. The second kappa shape index (κ2) is 10.2. The zero-order valence-electron chi connectivity index (χ0n) is 16.4.